The quantitative estimate of drug-likeness (QED) is 0.902. The minimum Gasteiger partial charge on any atom is -0.317 e. The van der Waals surface area contributed by atoms with E-state index in [1.165, 1.54) is 4.88 Å². The molecule has 1 saturated heterocycles. The zero-order chi connectivity index (χ0) is 16.4. The third-order valence-corrected chi connectivity index (χ3v) is 5.28. The first kappa shape index (κ1) is 16.1. The summed E-state index contributed by atoms with van der Waals surface area (Å²) in [5, 5.41) is 11.3. The van der Waals surface area contributed by atoms with E-state index >= 15 is 0 Å². The Bertz CT molecular complexity index is 684. The third-order valence-electron chi connectivity index (χ3n) is 4.21. The molecule has 0 atom stereocenters. The van der Waals surface area contributed by atoms with E-state index in [-0.39, 0.29) is 5.91 Å². The number of aryl methyl sites for hydroxylation is 1. The smallest absolute Gasteiger partial charge is 0.275 e. The standard InChI is InChI=1S/C16H23N5OS/c1-10(2)12-8-13(21(3)20-12)15(22)19-16-18-9-14(23-16)11-4-6-17-7-5-11/h8-11,17H,4-7H2,1-3H3,(H,18,19,22). The normalized spacial score (nSPS) is 16.0. The minimum absolute atomic E-state index is 0.155. The first-order valence-electron chi connectivity index (χ1n) is 8.06. The van der Waals surface area contributed by atoms with E-state index in [0.29, 0.717) is 22.7 Å². The fourth-order valence-electron chi connectivity index (χ4n) is 2.78. The van der Waals surface area contributed by atoms with Gasteiger partial charge in [0.05, 0.1) is 5.69 Å². The Labute approximate surface area is 140 Å². The fourth-order valence-corrected chi connectivity index (χ4v) is 3.76. The highest BCUT2D eigenvalue weighted by molar-refractivity contribution is 7.15. The molecule has 3 rings (SSSR count). The van der Waals surface area contributed by atoms with Crippen molar-refractivity contribution in [3.05, 3.63) is 28.5 Å². The number of nitrogens with zero attached hydrogens (tertiary/aromatic N) is 3. The van der Waals surface area contributed by atoms with Gasteiger partial charge in [0.2, 0.25) is 0 Å². The zero-order valence-corrected chi connectivity index (χ0v) is 14.6. The van der Waals surface area contributed by atoms with Crippen LogP contribution in [0.1, 0.15) is 59.6 Å². The van der Waals surface area contributed by atoms with E-state index in [4.69, 9.17) is 0 Å². The Morgan fingerprint density at radius 2 is 2.17 bits per heavy atom. The van der Waals surface area contributed by atoms with Crippen LogP contribution in [0.4, 0.5) is 5.13 Å². The summed E-state index contributed by atoms with van der Waals surface area (Å²) in [6.07, 6.45) is 4.17. The van der Waals surface area contributed by atoms with Gasteiger partial charge < -0.3 is 5.32 Å². The Morgan fingerprint density at radius 3 is 2.83 bits per heavy atom. The molecule has 0 aliphatic carbocycles. The van der Waals surface area contributed by atoms with Crippen molar-refractivity contribution < 1.29 is 4.79 Å². The molecule has 23 heavy (non-hydrogen) atoms. The van der Waals surface area contributed by atoms with Crippen LogP contribution in [0.15, 0.2) is 12.3 Å². The van der Waals surface area contributed by atoms with Gasteiger partial charge in [-0.3, -0.25) is 14.8 Å². The van der Waals surface area contributed by atoms with Crippen molar-refractivity contribution in [1.29, 1.82) is 0 Å². The van der Waals surface area contributed by atoms with Crippen LogP contribution in [0.5, 0.6) is 0 Å². The molecule has 3 heterocycles. The lowest BCUT2D eigenvalue weighted by Crippen LogP contribution is -2.26. The number of anilines is 1. The van der Waals surface area contributed by atoms with Crippen LogP contribution in [0, 0.1) is 0 Å². The van der Waals surface area contributed by atoms with Crippen LogP contribution in [0.3, 0.4) is 0 Å². The van der Waals surface area contributed by atoms with Crippen molar-refractivity contribution >= 4 is 22.4 Å². The number of nitrogens with one attached hydrogen (secondary N) is 2. The maximum atomic E-state index is 12.4. The van der Waals surface area contributed by atoms with Gasteiger partial charge in [0.15, 0.2) is 5.13 Å². The summed E-state index contributed by atoms with van der Waals surface area (Å²) in [5.74, 6) is 0.705. The second-order valence-electron chi connectivity index (χ2n) is 6.28. The molecule has 0 saturated carbocycles. The number of hydrogen-bond donors (Lipinski definition) is 2. The van der Waals surface area contributed by atoms with E-state index in [1.807, 2.05) is 12.3 Å². The molecule has 1 aliphatic heterocycles. The van der Waals surface area contributed by atoms with Crippen LogP contribution in [-0.2, 0) is 7.05 Å². The highest BCUT2D eigenvalue weighted by Gasteiger charge is 2.20. The Hall–Kier alpha value is -1.73. The van der Waals surface area contributed by atoms with Gasteiger partial charge in [-0.05, 0) is 43.8 Å². The number of carbonyl (C=O) groups is 1. The number of carbonyl (C=O) groups excluding carboxylic acids is 1. The molecule has 0 bridgehead atoms. The van der Waals surface area contributed by atoms with Crippen molar-refractivity contribution in [3.63, 3.8) is 0 Å². The van der Waals surface area contributed by atoms with Crippen LogP contribution in [-0.4, -0.2) is 33.8 Å². The lowest BCUT2D eigenvalue weighted by atomic mass is 9.97. The summed E-state index contributed by atoms with van der Waals surface area (Å²) in [6, 6.07) is 1.85. The molecule has 1 aliphatic rings. The first-order chi connectivity index (χ1) is 11.0. The van der Waals surface area contributed by atoms with Crippen LogP contribution in [0.25, 0.3) is 0 Å². The minimum atomic E-state index is -0.155. The highest BCUT2D eigenvalue weighted by atomic mass is 32.1. The van der Waals surface area contributed by atoms with Crippen molar-refractivity contribution in [2.75, 3.05) is 18.4 Å². The molecule has 1 fully saturated rings. The summed E-state index contributed by atoms with van der Waals surface area (Å²) in [4.78, 5) is 18.1. The van der Waals surface area contributed by atoms with Crippen LogP contribution >= 0.6 is 11.3 Å². The molecule has 2 N–H and O–H groups in total. The predicted molar refractivity (Wildman–Crippen MR) is 92.2 cm³/mol. The zero-order valence-electron chi connectivity index (χ0n) is 13.8. The van der Waals surface area contributed by atoms with Gasteiger partial charge in [0.25, 0.3) is 5.91 Å². The average Bonchev–Trinajstić information content (AvgIpc) is 3.15. The molecule has 2 aromatic heterocycles. The van der Waals surface area contributed by atoms with Gasteiger partial charge in [-0.2, -0.15) is 5.10 Å². The van der Waals surface area contributed by atoms with Crippen molar-refractivity contribution in [2.24, 2.45) is 7.05 Å². The fraction of sp³-hybridized carbons (Fsp3) is 0.562. The van der Waals surface area contributed by atoms with Gasteiger partial charge >= 0.3 is 0 Å². The van der Waals surface area contributed by atoms with Gasteiger partial charge in [-0.1, -0.05) is 13.8 Å². The maximum Gasteiger partial charge on any atom is 0.275 e. The van der Waals surface area contributed by atoms with Gasteiger partial charge in [-0.15, -0.1) is 11.3 Å². The Kier molecular flexibility index (Phi) is 4.77. The van der Waals surface area contributed by atoms with Crippen molar-refractivity contribution in [1.82, 2.24) is 20.1 Å². The average molecular weight is 333 g/mol. The third kappa shape index (κ3) is 3.61. The molecule has 0 unspecified atom stereocenters. The Morgan fingerprint density at radius 1 is 1.43 bits per heavy atom. The maximum absolute atomic E-state index is 12.4. The number of amides is 1. The number of aromatic nitrogens is 3. The predicted octanol–water partition coefficient (Wildman–Crippen LogP) is 2.72. The second kappa shape index (κ2) is 6.80. The summed E-state index contributed by atoms with van der Waals surface area (Å²) < 4.78 is 1.63. The molecule has 0 radical (unpaired) electrons. The van der Waals surface area contributed by atoms with Gasteiger partial charge in [-0.25, -0.2) is 4.98 Å². The Balaban J connectivity index is 1.69. The lowest BCUT2D eigenvalue weighted by Gasteiger charge is -2.20. The SMILES string of the molecule is CC(C)c1cc(C(=O)Nc2ncc(C3CCNCC3)s2)n(C)n1. The molecular formula is C16H23N5OS. The molecule has 0 spiro atoms. The van der Waals surface area contributed by atoms with E-state index in [1.54, 1.807) is 23.1 Å². The largest absolute Gasteiger partial charge is 0.317 e. The molecule has 6 nitrogen and oxygen atoms in total. The molecule has 7 heteroatoms. The molecular weight excluding hydrogens is 310 g/mol. The summed E-state index contributed by atoms with van der Waals surface area (Å²) in [7, 11) is 1.79. The highest BCUT2D eigenvalue weighted by Crippen LogP contribution is 2.31. The van der Waals surface area contributed by atoms with Crippen molar-refractivity contribution in [2.45, 2.75) is 38.5 Å². The monoisotopic (exact) mass is 333 g/mol. The molecule has 124 valence electrons. The van der Waals surface area contributed by atoms with Crippen LogP contribution in [0.2, 0.25) is 0 Å². The number of hydrogen-bond acceptors (Lipinski definition) is 5. The lowest BCUT2D eigenvalue weighted by molar-refractivity contribution is 0.101. The molecule has 2 aromatic rings. The second-order valence-corrected chi connectivity index (χ2v) is 7.34. The number of piperidine rings is 1. The van der Waals surface area contributed by atoms with Crippen molar-refractivity contribution in [3.8, 4) is 0 Å². The van der Waals surface area contributed by atoms with Gasteiger partial charge in [0, 0.05) is 18.1 Å². The first-order valence-corrected chi connectivity index (χ1v) is 8.88. The topological polar surface area (TPSA) is 71.8 Å². The summed E-state index contributed by atoms with van der Waals surface area (Å²) in [5.41, 5.74) is 1.49. The van der Waals surface area contributed by atoms with Crippen LogP contribution < -0.4 is 10.6 Å². The number of thiazole rings is 1. The van der Waals surface area contributed by atoms with E-state index in [2.05, 4.69) is 34.6 Å². The van der Waals surface area contributed by atoms with E-state index in [0.717, 1.165) is 31.6 Å². The van der Waals surface area contributed by atoms with Gasteiger partial charge in [0.1, 0.15) is 5.69 Å². The summed E-state index contributed by atoms with van der Waals surface area (Å²) in [6.45, 7) is 6.24. The number of rotatable bonds is 4. The van der Waals surface area contributed by atoms with E-state index < -0.39 is 0 Å². The molecule has 1 amide bonds. The van der Waals surface area contributed by atoms with E-state index in [9.17, 15) is 4.79 Å². The summed E-state index contributed by atoms with van der Waals surface area (Å²) >= 11 is 1.58. The molecule has 0 aromatic carbocycles.